The molecule has 2 aromatic carbocycles. The number of methoxy groups -OCH3 is 1. The maximum absolute atomic E-state index is 12.7. The topological polar surface area (TPSA) is 91.2 Å². The molecule has 0 spiro atoms. The van der Waals surface area contributed by atoms with Gasteiger partial charge in [0.05, 0.1) is 12.7 Å². The molecule has 0 fully saturated rings. The van der Waals surface area contributed by atoms with Gasteiger partial charge in [0.15, 0.2) is 17.3 Å². The number of carbonyl (C=O) groups excluding carboxylic acids is 1. The summed E-state index contributed by atoms with van der Waals surface area (Å²) in [4.78, 5) is 12.6. The second kappa shape index (κ2) is 7.77. The summed E-state index contributed by atoms with van der Waals surface area (Å²) >= 11 is 0. The van der Waals surface area contributed by atoms with E-state index in [4.69, 9.17) is 4.74 Å². The number of amides is 1. The third-order valence-corrected chi connectivity index (χ3v) is 3.65. The first-order valence-corrected chi connectivity index (χ1v) is 7.75. The number of halogens is 2. The van der Waals surface area contributed by atoms with Crippen molar-refractivity contribution in [3.8, 4) is 22.9 Å². The Morgan fingerprint density at radius 2 is 2.00 bits per heavy atom. The molecule has 1 aromatic heterocycles. The predicted molar refractivity (Wildman–Crippen MR) is 91.8 cm³/mol. The fraction of sp³-hybridized carbons (Fsp3) is 0.176. The van der Waals surface area contributed by atoms with E-state index >= 15 is 0 Å². The van der Waals surface area contributed by atoms with Gasteiger partial charge >= 0.3 is 6.61 Å². The zero-order valence-electron chi connectivity index (χ0n) is 14.4. The Morgan fingerprint density at radius 1 is 1.22 bits per heavy atom. The van der Waals surface area contributed by atoms with Crippen LogP contribution in [0, 0.1) is 0 Å². The number of ether oxygens (including phenoxy) is 2. The number of rotatable bonds is 6. The van der Waals surface area contributed by atoms with Crippen LogP contribution in [0.25, 0.3) is 11.4 Å². The van der Waals surface area contributed by atoms with Crippen LogP contribution in [0.5, 0.6) is 11.5 Å². The predicted octanol–water partition coefficient (Wildman–Crippen LogP) is 2.74. The number of alkyl halides is 2. The molecule has 1 amide bonds. The molecule has 0 unspecified atom stereocenters. The molecule has 0 radical (unpaired) electrons. The highest BCUT2D eigenvalue weighted by molar-refractivity contribution is 6.07. The lowest BCUT2D eigenvalue weighted by molar-refractivity contribution is -0.0515. The van der Waals surface area contributed by atoms with E-state index in [9.17, 15) is 13.6 Å². The van der Waals surface area contributed by atoms with Crippen LogP contribution in [0.1, 0.15) is 10.4 Å². The van der Waals surface area contributed by atoms with Gasteiger partial charge in [-0.05, 0) is 34.7 Å². The molecule has 1 N–H and O–H groups in total. The van der Waals surface area contributed by atoms with Gasteiger partial charge in [-0.3, -0.25) is 4.79 Å². The molecule has 0 aliphatic rings. The second-order valence-electron chi connectivity index (χ2n) is 5.38. The highest BCUT2D eigenvalue weighted by atomic mass is 19.3. The van der Waals surface area contributed by atoms with Gasteiger partial charge in [-0.15, -0.1) is 5.10 Å². The zero-order valence-corrected chi connectivity index (χ0v) is 14.4. The number of anilines is 1. The van der Waals surface area contributed by atoms with Gasteiger partial charge in [-0.25, -0.2) is 4.68 Å². The molecular formula is C17H15F2N5O3. The number of nitrogens with zero attached hydrogens (tertiary/aromatic N) is 4. The first kappa shape index (κ1) is 18.2. The number of nitrogens with one attached hydrogen (secondary N) is 1. The van der Waals surface area contributed by atoms with Crippen molar-refractivity contribution < 1.29 is 23.0 Å². The number of carbonyl (C=O) groups is 1. The van der Waals surface area contributed by atoms with Crippen molar-refractivity contribution in [1.82, 2.24) is 20.2 Å². The van der Waals surface area contributed by atoms with E-state index in [1.54, 1.807) is 31.3 Å². The molecule has 10 heteroatoms. The Kier molecular flexibility index (Phi) is 5.25. The van der Waals surface area contributed by atoms with Crippen molar-refractivity contribution in [2.45, 2.75) is 6.61 Å². The smallest absolute Gasteiger partial charge is 0.387 e. The van der Waals surface area contributed by atoms with Gasteiger partial charge in [0.2, 0.25) is 0 Å². The molecule has 3 aromatic rings. The summed E-state index contributed by atoms with van der Waals surface area (Å²) in [7, 11) is 2.98. The van der Waals surface area contributed by atoms with Gasteiger partial charge in [-0.1, -0.05) is 18.2 Å². The lowest BCUT2D eigenvalue weighted by Gasteiger charge is -2.14. The van der Waals surface area contributed by atoms with Crippen molar-refractivity contribution in [2.75, 3.05) is 12.4 Å². The summed E-state index contributed by atoms with van der Waals surface area (Å²) in [5, 5.41) is 13.9. The number of aryl methyl sites for hydroxylation is 1. The maximum Gasteiger partial charge on any atom is 0.387 e. The minimum Gasteiger partial charge on any atom is -0.493 e. The summed E-state index contributed by atoms with van der Waals surface area (Å²) in [6.07, 6.45) is 0. The first-order chi connectivity index (χ1) is 13.0. The largest absolute Gasteiger partial charge is 0.493 e. The van der Waals surface area contributed by atoms with E-state index in [1.165, 1.54) is 30.0 Å². The number of hydrogen-bond donors (Lipinski definition) is 1. The van der Waals surface area contributed by atoms with E-state index in [0.29, 0.717) is 17.1 Å². The average Bonchev–Trinajstić information content (AvgIpc) is 3.07. The number of benzene rings is 2. The summed E-state index contributed by atoms with van der Waals surface area (Å²) < 4.78 is 36.4. The lowest BCUT2D eigenvalue weighted by Crippen LogP contribution is -2.15. The quantitative estimate of drug-likeness (QED) is 0.712. The zero-order chi connectivity index (χ0) is 19.4. The molecule has 140 valence electrons. The minimum atomic E-state index is -3.10. The molecule has 27 heavy (non-hydrogen) atoms. The molecular weight excluding hydrogens is 360 g/mol. The second-order valence-corrected chi connectivity index (χ2v) is 5.38. The number of hydrogen-bond acceptors (Lipinski definition) is 6. The normalized spacial score (nSPS) is 10.7. The van der Waals surface area contributed by atoms with Crippen LogP contribution >= 0.6 is 0 Å². The number of aromatic nitrogens is 4. The van der Waals surface area contributed by atoms with E-state index in [2.05, 4.69) is 25.6 Å². The molecule has 0 saturated carbocycles. The molecule has 3 rings (SSSR count). The van der Waals surface area contributed by atoms with E-state index in [-0.39, 0.29) is 17.1 Å². The Labute approximate surface area is 152 Å². The van der Waals surface area contributed by atoms with Crippen molar-refractivity contribution in [3.63, 3.8) is 0 Å². The van der Waals surface area contributed by atoms with Gasteiger partial charge in [0.25, 0.3) is 5.91 Å². The summed E-state index contributed by atoms with van der Waals surface area (Å²) in [5.74, 6) is -0.421. The van der Waals surface area contributed by atoms with Crippen LogP contribution in [-0.2, 0) is 7.05 Å². The van der Waals surface area contributed by atoms with Crippen molar-refractivity contribution >= 4 is 11.6 Å². The van der Waals surface area contributed by atoms with Crippen molar-refractivity contribution in [3.05, 3.63) is 48.0 Å². The fourth-order valence-corrected chi connectivity index (χ4v) is 2.47. The maximum atomic E-state index is 12.7. The van der Waals surface area contributed by atoms with Gasteiger partial charge in [0, 0.05) is 18.3 Å². The van der Waals surface area contributed by atoms with Gasteiger partial charge in [0.1, 0.15) is 0 Å². The van der Waals surface area contributed by atoms with E-state index < -0.39 is 12.5 Å². The van der Waals surface area contributed by atoms with Crippen LogP contribution < -0.4 is 14.8 Å². The number of tetrazole rings is 1. The highest BCUT2D eigenvalue weighted by Gasteiger charge is 2.20. The lowest BCUT2D eigenvalue weighted by atomic mass is 10.1. The summed E-state index contributed by atoms with van der Waals surface area (Å²) in [6.45, 7) is -3.10. The van der Waals surface area contributed by atoms with Crippen molar-refractivity contribution in [2.24, 2.45) is 7.05 Å². The summed E-state index contributed by atoms with van der Waals surface area (Å²) in [6, 6.07) is 11.1. The third-order valence-electron chi connectivity index (χ3n) is 3.65. The molecule has 0 bridgehead atoms. The Morgan fingerprint density at radius 3 is 2.67 bits per heavy atom. The first-order valence-electron chi connectivity index (χ1n) is 7.75. The SMILES string of the molecule is COc1cccc(C(=O)Nc2cccc(-c3nnnn3C)c2)c1OC(F)F. The average molecular weight is 375 g/mol. The van der Waals surface area contributed by atoms with Crippen LogP contribution in [-0.4, -0.2) is 39.8 Å². The highest BCUT2D eigenvalue weighted by Crippen LogP contribution is 2.33. The Hall–Kier alpha value is -3.56. The molecule has 0 atom stereocenters. The third kappa shape index (κ3) is 4.00. The molecule has 1 heterocycles. The fourth-order valence-electron chi connectivity index (χ4n) is 2.47. The number of para-hydroxylation sites is 1. The standard InChI is InChI=1S/C17H15F2N5O3/c1-24-15(21-22-23-24)10-5-3-6-11(9-10)20-16(25)12-7-4-8-13(26-2)14(12)27-17(18)19/h3-9,17H,1-2H3,(H,20,25). The minimum absolute atomic E-state index is 0.0295. The van der Waals surface area contributed by atoms with Crippen LogP contribution in [0.15, 0.2) is 42.5 Å². The van der Waals surface area contributed by atoms with Crippen LogP contribution in [0.3, 0.4) is 0 Å². The van der Waals surface area contributed by atoms with Crippen molar-refractivity contribution in [1.29, 1.82) is 0 Å². The van der Waals surface area contributed by atoms with E-state index in [1.807, 2.05) is 0 Å². The van der Waals surface area contributed by atoms with Gasteiger partial charge in [-0.2, -0.15) is 8.78 Å². The molecule has 8 nitrogen and oxygen atoms in total. The molecule has 0 saturated heterocycles. The Bertz CT molecular complexity index is 961. The molecule has 0 aliphatic carbocycles. The van der Waals surface area contributed by atoms with Crippen LogP contribution in [0.2, 0.25) is 0 Å². The van der Waals surface area contributed by atoms with Gasteiger partial charge < -0.3 is 14.8 Å². The van der Waals surface area contributed by atoms with E-state index in [0.717, 1.165) is 0 Å². The van der Waals surface area contributed by atoms with Crippen LogP contribution in [0.4, 0.5) is 14.5 Å². The molecule has 0 aliphatic heterocycles. The Balaban J connectivity index is 1.89. The summed E-state index contributed by atoms with van der Waals surface area (Å²) in [5.41, 5.74) is 1.03. The monoisotopic (exact) mass is 375 g/mol.